The van der Waals surface area contributed by atoms with Gasteiger partial charge < -0.3 is 10.2 Å². The van der Waals surface area contributed by atoms with Gasteiger partial charge in [0.25, 0.3) is 0 Å². The molecule has 0 saturated carbocycles. The highest BCUT2D eigenvalue weighted by molar-refractivity contribution is 7.90. The Morgan fingerprint density at radius 2 is 1.83 bits per heavy atom. The lowest BCUT2D eigenvalue weighted by atomic mass is 10.3. The second kappa shape index (κ2) is 5.41. The van der Waals surface area contributed by atoms with Crippen LogP contribution in [0.15, 0.2) is 51.3 Å². The van der Waals surface area contributed by atoms with Crippen LogP contribution in [0.3, 0.4) is 0 Å². The Hall–Kier alpha value is -2.22. The van der Waals surface area contributed by atoms with E-state index in [1.54, 1.807) is 0 Å². The van der Waals surface area contributed by atoms with Crippen molar-refractivity contribution in [3.63, 3.8) is 0 Å². The topological polar surface area (TPSA) is 116 Å². The Bertz CT molecular complexity index is 602. The molecule has 18 heavy (non-hydrogen) atoms. The van der Waals surface area contributed by atoms with Crippen LogP contribution >= 0.6 is 0 Å². The predicted molar refractivity (Wildman–Crippen MR) is 62.4 cm³/mol. The number of rotatable bonds is 4. The maximum Gasteiger partial charge on any atom is 0.359 e. The molecule has 1 aromatic rings. The maximum atomic E-state index is 11.2. The fourth-order valence-corrected chi connectivity index (χ4v) is 1.63. The van der Waals surface area contributed by atoms with Gasteiger partial charge in [-0.15, -0.1) is 5.11 Å². The van der Waals surface area contributed by atoms with Crippen LogP contribution in [0.2, 0.25) is 0 Å². The van der Waals surface area contributed by atoms with Crippen molar-refractivity contribution in [2.75, 3.05) is 6.26 Å². The predicted octanol–water partition coefficient (Wildman–Crippen LogP) is 1.66. The molecule has 96 valence electrons. The van der Waals surface area contributed by atoms with Crippen LogP contribution in [0.25, 0.3) is 0 Å². The SMILES string of the molecule is CS(=O)(=O)c1ccc(N=NC(=CO)C(=O)O)cc1. The van der Waals surface area contributed by atoms with Crippen LogP contribution in [0.1, 0.15) is 0 Å². The molecule has 0 atom stereocenters. The summed E-state index contributed by atoms with van der Waals surface area (Å²) in [6, 6.07) is 5.40. The van der Waals surface area contributed by atoms with E-state index in [2.05, 4.69) is 10.2 Å². The molecule has 1 rings (SSSR count). The number of hydrogen-bond acceptors (Lipinski definition) is 6. The summed E-state index contributed by atoms with van der Waals surface area (Å²) in [6.45, 7) is 0. The van der Waals surface area contributed by atoms with Crippen LogP contribution in [-0.2, 0) is 14.6 Å². The minimum absolute atomic E-state index is 0.123. The summed E-state index contributed by atoms with van der Waals surface area (Å²) in [7, 11) is -3.29. The highest BCUT2D eigenvalue weighted by Crippen LogP contribution is 2.17. The first kappa shape index (κ1) is 13.8. The molecule has 0 aliphatic carbocycles. The highest BCUT2D eigenvalue weighted by Gasteiger charge is 2.07. The van der Waals surface area contributed by atoms with Gasteiger partial charge in [-0.2, -0.15) is 5.11 Å². The number of aliphatic hydroxyl groups excluding tert-OH is 1. The van der Waals surface area contributed by atoms with Crippen LogP contribution < -0.4 is 0 Å². The Kier molecular flexibility index (Phi) is 4.16. The van der Waals surface area contributed by atoms with Crippen molar-refractivity contribution in [3.05, 3.63) is 36.2 Å². The number of aliphatic carboxylic acids is 1. The van der Waals surface area contributed by atoms with Crippen molar-refractivity contribution in [1.29, 1.82) is 0 Å². The monoisotopic (exact) mass is 270 g/mol. The van der Waals surface area contributed by atoms with Crippen LogP contribution in [0, 0.1) is 0 Å². The lowest BCUT2D eigenvalue weighted by molar-refractivity contribution is -0.132. The molecule has 0 aliphatic rings. The zero-order chi connectivity index (χ0) is 13.8. The molecule has 0 heterocycles. The molecule has 0 unspecified atom stereocenters. The van der Waals surface area contributed by atoms with Gasteiger partial charge in [-0.25, -0.2) is 13.2 Å². The van der Waals surface area contributed by atoms with Crippen molar-refractivity contribution < 1.29 is 23.4 Å². The molecule has 0 radical (unpaired) electrons. The fourth-order valence-electron chi connectivity index (χ4n) is 0.995. The minimum atomic E-state index is -3.29. The summed E-state index contributed by atoms with van der Waals surface area (Å²) in [5.41, 5.74) is -0.356. The molecule has 1 aromatic carbocycles. The molecular formula is C10H10N2O5S. The van der Waals surface area contributed by atoms with E-state index in [1.165, 1.54) is 24.3 Å². The summed E-state index contributed by atoms with van der Waals surface area (Å²) >= 11 is 0. The zero-order valence-corrected chi connectivity index (χ0v) is 10.1. The number of carbonyl (C=O) groups is 1. The minimum Gasteiger partial charge on any atom is -0.513 e. The number of aliphatic hydroxyl groups is 1. The molecule has 0 aromatic heterocycles. The Morgan fingerprint density at radius 3 is 2.22 bits per heavy atom. The number of sulfone groups is 1. The standard InChI is InChI=1S/C10H10N2O5S/c1-18(16,17)8-4-2-7(3-5-8)11-12-9(6-13)10(14)15/h2-6,13H,1H3,(H,14,15). The lowest BCUT2D eigenvalue weighted by Gasteiger charge is -1.97. The number of carboxylic acid groups (broad SMARTS) is 1. The van der Waals surface area contributed by atoms with E-state index >= 15 is 0 Å². The van der Waals surface area contributed by atoms with Crippen molar-refractivity contribution in [1.82, 2.24) is 0 Å². The fraction of sp³-hybridized carbons (Fsp3) is 0.100. The van der Waals surface area contributed by atoms with Gasteiger partial charge in [-0.3, -0.25) is 0 Å². The first-order valence-corrected chi connectivity index (χ1v) is 6.53. The molecule has 7 nitrogen and oxygen atoms in total. The Balaban J connectivity index is 2.95. The molecule has 0 amide bonds. The van der Waals surface area contributed by atoms with Gasteiger partial charge in [0.05, 0.1) is 10.6 Å². The third-order valence-corrected chi connectivity index (χ3v) is 3.01. The van der Waals surface area contributed by atoms with Gasteiger partial charge >= 0.3 is 5.97 Å². The average Bonchev–Trinajstić information content (AvgIpc) is 2.29. The van der Waals surface area contributed by atoms with Crippen LogP contribution in [0.4, 0.5) is 5.69 Å². The lowest BCUT2D eigenvalue weighted by Crippen LogP contribution is -1.97. The van der Waals surface area contributed by atoms with Crippen molar-refractivity contribution in [2.45, 2.75) is 4.90 Å². The van der Waals surface area contributed by atoms with E-state index in [0.717, 1.165) is 6.26 Å². The van der Waals surface area contributed by atoms with E-state index in [1.807, 2.05) is 0 Å². The van der Waals surface area contributed by atoms with Crippen LogP contribution in [-0.4, -0.2) is 30.9 Å². The first-order valence-electron chi connectivity index (χ1n) is 4.64. The molecular weight excluding hydrogens is 260 g/mol. The van der Waals surface area contributed by atoms with Gasteiger partial charge in [0.2, 0.25) is 5.70 Å². The van der Waals surface area contributed by atoms with E-state index in [4.69, 9.17) is 10.2 Å². The van der Waals surface area contributed by atoms with Gasteiger partial charge in [0, 0.05) is 6.26 Å². The quantitative estimate of drug-likeness (QED) is 0.490. The number of carboxylic acids is 1. The third-order valence-electron chi connectivity index (χ3n) is 1.88. The summed E-state index contributed by atoms with van der Waals surface area (Å²) in [4.78, 5) is 10.6. The normalized spacial score (nSPS) is 12.8. The summed E-state index contributed by atoms with van der Waals surface area (Å²) < 4.78 is 22.3. The second-order valence-corrected chi connectivity index (χ2v) is 5.30. The van der Waals surface area contributed by atoms with E-state index in [-0.39, 0.29) is 10.6 Å². The van der Waals surface area contributed by atoms with Crippen molar-refractivity contribution in [2.24, 2.45) is 10.2 Å². The largest absolute Gasteiger partial charge is 0.513 e. The number of azo groups is 1. The van der Waals surface area contributed by atoms with Crippen LogP contribution in [0.5, 0.6) is 0 Å². The number of benzene rings is 1. The van der Waals surface area contributed by atoms with E-state index < -0.39 is 21.5 Å². The molecule has 2 N–H and O–H groups in total. The molecule has 0 saturated heterocycles. The molecule has 8 heteroatoms. The van der Waals surface area contributed by atoms with E-state index in [0.29, 0.717) is 6.26 Å². The maximum absolute atomic E-state index is 11.2. The highest BCUT2D eigenvalue weighted by atomic mass is 32.2. The number of nitrogens with zero attached hydrogens (tertiary/aromatic N) is 2. The van der Waals surface area contributed by atoms with Crippen molar-refractivity contribution in [3.8, 4) is 0 Å². The van der Waals surface area contributed by atoms with Gasteiger partial charge in [-0.1, -0.05) is 0 Å². The molecule has 0 aliphatic heterocycles. The van der Waals surface area contributed by atoms with Gasteiger partial charge in [0.15, 0.2) is 9.84 Å². The first-order chi connectivity index (χ1) is 8.34. The molecule has 0 bridgehead atoms. The van der Waals surface area contributed by atoms with Gasteiger partial charge in [0.1, 0.15) is 6.26 Å². The smallest absolute Gasteiger partial charge is 0.359 e. The van der Waals surface area contributed by atoms with Crippen molar-refractivity contribution >= 4 is 21.5 Å². The van der Waals surface area contributed by atoms with E-state index in [9.17, 15) is 13.2 Å². The number of hydrogen-bond donors (Lipinski definition) is 2. The summed E-state index contributed by atoms with van der Waals surface area (Å²) in [6.07, 6.45) is 1.39. The second-order valence-electron chi connectivity index (χ2n) is 3.29. The summed E-state index contributed by atoms with van der Waals surface area (Å²) in [5, 5.41) is 23.9. The summed E-state index contributed by atoms with van der Waals surface area (Å²) in [5.74, 6) is -1.42. The molecule has 0 spiro atoms. The molecule has 0 fully saturated rings. The average molecular weight is 270 g/mol. The Morgan fingerprint density at radius 1 is 1.28 bits per heavy atom. The Labute approximate surface area is 103 Å². The third kappa shape index (κ3) is 3.67. The zero-order valence-electron chi connectivity index (χ0n) is 9.31. The van der Waals surface area contributed by atoms with Gasteiger partial charge in [-0.05, 0) is 24.3 Å².